The van der Waals surface area contributed by atoms with Crippen LogP contribution in [0.3, 0.4) is 0 Å². The molecular formula is C11H18N2O2S. The molecule has 90 valence electrons. The zero-order valence-electron chi connectivity index (χ0n) is 9.73. The summed E-state index contributed by atoms with van der Waals surface area (Å²) in [6, 6.07) is 2.05. The molecule has 1 heterocycles. The van der Waals surface area contributed by atoms with Gasteiger partial charge in [-0.1, -0.05) is 19.9 Å². The summed E-state index contributed by atoms with van der Waals surface area (Å²) in [5.74, 6) is 0.154. The Labute approximate surface area is 97.3 Å². The van der Waals surface area contributed by atoms with E-state index in [4.69, 9.17) is 5.26 Å². The number of hydrogen-bond donors (Lipinski definition) is 1. The van der Waals surface area contributed by atoms with Crippen molar-refractivity contribution < 1.29 is 8.42 Å². The molecule has 0 aromatic heterocycles. The van der Waals surface area contributed by atoms with E-state index in [1.54, 1.807) is 6.08 Å². The summed E-state index contributed by atoms with van der Waals surface area (Å²) in [6.45, 7) is 4.87. The van der Waals surface area contributed by atoms with Gasteiger partial charge >= 0.3 is 0 Å². The van der Waals surface area contributed by atoms with Crippen LogP contribution in [0.4, 0.5) is 0 Å². The molecule has 5 heteroatoms. The topological polar surface area (TPSA) is 70.0 Å². The number of nitrogens with zero attached hydrogens (tertiary/aromatic N) is 1. The first-order chi connectivity index (χ1) is 7.35. The summed E-state index contributed by atoms with van der Waals surface area (Å²) in [5.41, 5.74) is 0.0237. The predicted molar refractivity (Wildman–Crippen MR) is 63.3 cm³/mol. The zero-order chi connectivity index (χ0) is 12.2. The number of hydrogen-bond acceptors (Lipinski definition) is 4. The molecule has 0 amide bonds. The van der Waals surface area contributed by atoms with E-state index < -0.39 is 9.84 Å². The van der Waals surface area contributed by atoms with Gasteiger partial charge in [-0.15, -0.1) is 0 Å². The molecule has 0 saturated carbocycles. The van der Waals surface area contributed by atoms with Crippen molar-refractivity contribution in [1.82, 2.24) is 5.32 Å². The molecule has 0 spiro atoms. The minimum atomic E-state index is -2.98. The van der Waals surface area contributed by atoms with Crippen LogP contribution in [0.15, 0.2) is 11.5 Å². The Balaban J connectivity index is 2.36. The lowest BCUT2D eigenvalue weighted by atomic mass is 9.88. The number of sulfone groups is 1. The third kappa shape index (κ3) is 4.33. The summed E-state index contributed by atoms with van der Waals surface area (Å²) >= 11 is 0. The molecule has 0 aromatic rings. The van der Waals surface area contributed by atoms with Crippen molar-refractivity contribution in [3.8, 4) is 6.07 Å². The fourth-order valence-corrected chi connectivity index (χ4v) is 2.86. The van der Waals surface area contributed by atoms with Crippen molar-refractivity contribution in [2.75, 3.05) is 12.3 Å². The fourth-order valence-electron chi connectivity index (χ4n) is 1.59. The highest BCUT2D eigenvalue weighted by Crippen LogP contribution is 2.21. The van der Waals surface area contributed by atoms with Crippen molar-refractivity contribution in [3.63, 3.8) is 0 Å². The van der Waals surface area contributed by atoms with Crippen LogP contribution in [0.25, 0.3) is 0 Å². The van der Waals surface area contributed by atoms with Gasteiger partial charge < -0.3 is 5.32 Å². The first kappa shape index (κ1) is 13.2. The summed E-state index contributed by atoms with van der Waals surface area (Å²) < 4.78 is 22.3. The number of nitriles is 1. The molecule has 0 radical (unpaired) electrons. The van der Waals surface area contributed by atoms with Gasteiger partial charge in [-0.25, -0.2) is 8.42 Å². The first-order valence-corrected chi connectivity index (χ1v) is 7.07. The number of rotatable bonds is 5. The predicted octanol–water partition coefficient (Wildman–Crippen LogP) is 1.22. The summed E-state index contributed by atoms with van der Waals surface area (Å²) in [5, 5.41) is 13.0. The van der Waals surface area contributed by atoms with E-state index in [1.165, 1.54) is 5.41 Å². The van der Waals surface area contributed by atoms with Crippen LogP contribution < -0.4 is 5.32 Å². The molecule has 1 N–H and O–H groups in total. The van der Waals surface area contributed by atoms with Crippen LogP contribution in [0.2, 0.25) is 0 Å². The molecule has 1 atom stereocenters. The monoisotopic (exact) mass is 242 g/mol. The Hall–Kier alpha value is -0.860. The Morgan fingerprint density at radius 2 is 2.25 bits per heavy atom. The van der Waals surface area contributed by atoms with Gasteiger partial charge in [0.2, 0.25) is 0 Å². The van der Waals surface area contributed by atoms with Gasteiger partial charge in [0.25, 0.3) is 0 Å². The average molecular weight is 242 g/mol. The molecule has 0 saturated heterocycles. The maximum Gasteiger partial charge on any atom is 0.173 e. The molecule has 0 fully saturated rings. The van der Waals surface area contributed by atoms with Crippen molar-refractivity contribution in [2.45, 2.75) is 32.7 Å². The van der Waals surface area contributed by atoms with Gasteiger partial charge in [-0.05, 0) is 11.8 Å². The van der Waals surface area contributed by atoms with Crippen LogP contribution >= 0.6 is 0 Å². The van der Waals surface area contributed by atoms with Gasteiger partial charge in [0.15, 0.2) is 9.84 Å². The van der Waals surface area contributed by atoms with Gasteiger partial charge in [-0.2, -0.15) is 5.26 Å². The van der Waals surface area contributed by atoms with Crippen LogP contribution in [-0.2, 0) is 9.84 Å². The van der Waals surface area contributed by atoms with Gasteiger partial charge in [0.1, 0.15) is 0 Å². The third-order valence-electron chi connectivity index (χ3n) is 2.69. The lowest BCUT2D eigenvalue weighted by molar-refractivity contribution is 0.313. The van der Waals surface area contributed by atoms with Gasteiger partial charge in [0.05, 0.1) is 11.8 Å². The standard InChI is InChI=1S/C11H18N2O2S/c1-11(2,5-3-6-12)9-13-10-4-7-16(14,15)8-10/h4,7,10,13H,3,5,8-9H2,1-2H3. The average Bonchev–Trinajstić information content (AvgIpc) is 2.53. The highest BCUT2D eigenvalue weighted by Gasteiger charge is 2.24. The normalized spacial score (nSPS) is 23.2. The fraction of sp³-hybridized carbons (Fsp3) is 0.727. The Bertz CT molecular complexity index is 404. The van der Waals surface area contributed by atoms with E-state index in [-0.39, 0.29) is 17.2 Å². The molecule has 0 bridgehead atoms. The molecule has 4 nitrogen and oxygen atoms in total. The largest absolute Gasteiger partial charge is 0.309 e. The highest BCUT2D eigenvalue weighted by molar-refractivity contribution is 7.94. The second-order valence-corrected chi connectivity index (χ2v) is 6.90. The molecule has 16 heavy (non-hydrogen) atoms. The van der Waals surface area contributed by atoms with E-state index in [1.807, 2.05) is 0 Å². The van der Waals surface area contributed by atoms with Crippen molar-refractivity contribution in [3.05, 3.63) is 11.5 Å². The van der Waals surface area contributed by atoms with Crippen molar-refractivity contribution in [1.29, 1.82) is 5.26 Å². The van der Waals surface area contributed by atoms with E-state index >= 15 is 0 Å². The minimum absolute atomic E-state index is 0.0237. The molecule has 1 aliphatic heterocycles. The maximum absolute atomic E-state index is 11.2. The van der Waals surface area contributed by atoms with Crippen LogP contribution in [-0.4, -0.2) is 26.8 Å². The summed E-state index contributed by atoms with van der Waals surface area (Å²) in [7, 11) is -2.98. The smallest absolute Gasteiger partial charge is 0.173 e. The second kappa shape index (κ2) is 4.98. The van der Waals surface area contributed by atoms with E-state index in [0.29, 0.717) is 6.42 Å². The Morgan fingerprint density at radius 1 is 1.56 bits per heavy atom. The SMILES string of the molecule is CC(C)(CCC#N)CNC1C=CS(=O)(=O)C1. The van der Waals surface area contributed by atoms with E-state index in [0.717, 1.165) is 13.0 Å². The second-order valence-electron chi connectivity index (χ2n) is 4.97. The zero-order valence-corrected chi connectivity index (χ0v) is 10.5. The molecule has 0 aromatic carbocycles. The quantitative estimate of drug-likeness (QED) is 0.787. The summed E-state index contributed by atoms with van der Waals surface area (Å²) in [4.78, 5) is 0. The van der Waals surface area contributed by atoms with Gasteiger partial charge in [0, 0.05) is 24.4 Å². The van der Waals surface area contributed by atoms with Crippen LogP contribution in [0.5, 0.6) is 0 Å². The van der Waals surface area contributed by atoms with E-state index in [2.05, 4.69) is 25.2 Å². The molecule has 0 aliphatic carbocycles. The molecule has 1 unspecified atom stereocenters. The van der Waals surface area contributed by atoms with Gasteiger partial charge in [-0.3, -0.25) is 0 Å². The number of nitrogens with one attached hydrogen (secondary N) is 1. The lowest BCUT2D eigenvalue weighted by Crippen LogP contribution is -2.37. The first-order valence-electron chi connectivity index (χ1n) is 5.36. The third-order valence-corrected chi connectivity index (χ3v) is 4.08. The Morgan fingerprint density at radius 3 is 2.75 bits per heavy atom. The van der Waals surface area contributed by atoms with Crippen LogP contribution in [0.1, 0.15) is 26.7 Å². The molecule has 1 rings (SSSR count). The van der Waals surface area contributed by atoms with E-state index in [9.17, 15) is 8.42 Å². The highest BCUT2D eigenvalue weighted by atomic mass is 32.2. The summed E-state index contributed by atoms with van der Waals surface area (Å²) in [6.07, 6.45) is 3.04. The molecular weight excluding hydrogens is 224 g/mol. The lowest BCUT2D eigenvalue weighted by Gasteiger charge is -2.25. The minimum Gasteiger partial charge on any atom is -0.309 e. The van der Waals surface area contributed by atoms with Crippen LogP contribution in [0, 0.1) is 16.7 Å². The maximum atomic E-state index is 11.2. The Kier molecular flexibility index (Phi) is 4.11. The molecule has 1 aliphatic rings. The van der Waals surface area contributed by atoms with Crippen molar-refractivity contribution >= 4 is 9.84 Å². The van der Waals surface area contributed by atoms with Crippen molar-refractivity contribution in [2.24, 2.45) is 5.41 Å².